The molecular formula is C15H19NO4S. The van der Waals surface area contributed by atoms with Gasteiger partial charge in [0.1, 0.15) is 0 Å². The predicted octanol–water partition coefficient (Wildman–Crippen LogP) is 2.08. The second-order valence-corrected chi connectivity index (χ2v) is 6.26. The summed E-state index contributed by atoms with van der Waals surface area (Å²) in [7, 11) is 0. The third-order valence-electron chi connectivity index (χ3n) is 3.57. The lowest BCUT2D eigenvalue weighted by atomic mass is 9.95. The van der Waals surface area contributed by atoms with Gasteiger partial charge in [-0.1, -0.05) is 0 Å². The molecule has 0 saturated carbocycles. The van der Waals surface area contributed by atoms with E-state index >= 15 is 0 Å². The lowest BCUT2D eigenvalue weighted by molar-refractivity contribution is -0.131. The molecule has 1 aromatic heterocycles. The number of aliphatic hydroxyl groups is 1. The quantitative estimate of drug-likeness (QED) is 0.816. The van der Waals surface area contributed by atoms with Gasteiger partial charge >= 0.3 is 5.97 Å². The van der Waals surface area contributed by atoms with Crippen molar-refractivity contribution in [3.63, 3.8) is 0 Å². The van der Waals surface area contributed by atoms with Gasteiger partial charge in [-0.05, 0) is 43.4 Å². The molecule has 1 fully saturated rings. The number of nitrogens with zero attached hydrogens (tertiary/aromatic N) is 1. The lowest BCUT2D eigenvalue weighted by Crippen LogP contribution is -2.39. The molecule has 0 radical (unpaired) electrons. The predicted molar refractivity (Wildman–Crippen MR) is 81.3 cm³/mol. The zero-order valence-corrected chi connectivity index (χ0v) is 12.5. The average Bonchev–Trinajstić information content (AvgIpc) is 2.94. The van der Waals surface area contributed by atoms with Gasteiger partial charge in [0.05, 0.1) is 4.88 Å². The average molecular weight is 309 g/mol. The van der Waals surface area contributed by atoms with Crippen molar-refractivity contribution < 1.29 is 19.8 Å². The van der Waals surface area contributed by atoms with E-state index in [0.29, 0.717) is 17.3 Å². The van der Waals surface area contributed by atoms with Crippen LogP contribution in [0.1, 0.15) is 33.8 Å². The van der Waals surface area contributed by atoms with E-state index in [-0.39, 0.29) is 12.5 Å². The van der Waals surface area contributed by atoms with Gasteiger partial charge in [-0.2, -0.15) is 0 Å². The number of rotatable bonds is 5. The molecule has 6 heteroatoms. The van der Waals surface area contributed by atoms with Crippen molar-refractivity contribution in [3.05, 3.63) is 28.0 Å². The molecule has 1 amide bonds. The second-order valence-electron chi connectivity index (χ2n) is 5.15. The van der Waals surface area contributed by atoms with E-state index in [1.54, 1.807) is 12.1 Å². The number of carboxylic acids is 1. The molecule has 0 aromatic carbocycles. The van der Waals surface area contributed by atoms with Crippen LogP contribution in [0.3, 0.4) is 0 Å². The van der Waals surface area contributed by atoms with E-state index in [9.17, 15) is 9.59 Å². The third-order valence-corrected chi connectivity index (χ3v) is 4.61. The number of aliphatic hydroxyl groups excluding tert-OH is 1. The Morgan fingerprint density at radius 1 is 1.43 bits per heavy atom. The minimum atomic E-state index is -1.00. The van der Waals surface area contributed by atoms with E-state index in [2.05, 4.69) is 0 Å². The van der Waals surface area contributed by atoms with Gasteiger partial charge in [0.25, 0.3) is 5.91 Å². The Balaban J connectivity index is 2.01. The summed E-state index contributed by atoms with van der Waals surface area (Å²) in [5.74, 6) is -0.629. The largest absolute Gasteiger partial charge is 0.478 e. The Morgan fingerprint density at radius 2 is 2.24 bits per heavy atom. The molecule has 0 spiro atoms. The van der Waals surface area contributed by atoms with Crippen LogP contribution in [0.15, 0.2) is 18.2 Å². The SMILES string of the molecule is O=C(O)/C=C/c1ccc(C(=O)N2CCCC(CCO)C2)s1. The van der Waals surface area contributed by atoms with E-state index in [4.69, 9.17) is 10.2 Å². The molecule has 1 aliphatic heterocycles. The van der Waals surface area contributed by atoms with Crippen LogP contribution in [0.25, 0.3) is 6.08 Å². The molecule has 5 nitrogen and oxygen atoms in total. The van der Waals surface area contributed by atoms with Crippen molar-refractivity contribution >= 4 is 29.3 Å². The maximum Gasteiger partial charge on any atom is 0.328 e. The van der Waals surface area contributed by atoms with Crippen molar-refractivity contribution in [2.45, 2.75) is 19.3 Å². The summed E-state index contributed by atoms with van der Waals surface area (Å²) in [6.45, 7) is 1.60. The maximum absolute atomic E-state index is 12.4. The molecule has 0 bridgehead atoms. The molecule has 1 atom stereocenters. The normalized spacial score (nSPS) is 19.1. The van der Waals surface area contributed by atoms with Crippen LogP contribution in [-0.2, 0) is 4.79 Å². The topological polar surface area (TPSA) is 77.8 Å². The zero-order valence-electron chi connectivity index (χ0n) is 11.7. The smallest absolute Gasteiger partial charge is 0.328 e. The highest BCUT2D eigenvalue weighted by Gasteiger charge is 2.24. The van der Waals surface area contributed by atoms with Crippen LogP contribution in [0.2, 0.25) is 0 Å². The van der Waals surface area contributed by atoms with Gasteiger partial charge in [-0.25, -0.2) is 4.79 Å². The molecule has 2 rings (SSSR count). The van der Waals surface area contributed by atoms with Gasteiger partial charge in [0, 0.05) is 30.6 Å². The van der Waals surface area contributed by atoms with Crippen molar-refractivity contribution in [3.8, 4) is 0 Å². The number of piperidine rings is 1. The fourth-order valence-electron chi connectivity index (χ4n) is 2.53. The Hall–Kier alpha value is -1.66. The molecule has 114 valence electrons. The molecule has 1 unspecified atom stereocenters. The first kappa shape index (κ1) is 15.7. The van der Waals surface area contributed by atoms with Crippen molar-refractivity contribution in [2.24, 2.45) is 5.92 Å². The molecular weight excluding hydrogens is 290 g/mol. The number of hydrogen-bond donors (Lipinski definition) is 2. The Bertz CT molecular complexity index is 536. The monoisotopic (exact) mass is 309 g/mol. The summed E-state index contributed by atoms with van der Waals surface area (Å²) in [5, 5.41) is 17.6. The lowest BCUT2D eigenvalue weighted by Gasteiger charge is -2.32. The molecule has 21 heavy (non-hydrogen) atoms. The standard InChI is InChI=1S/C15H19NO4S/c17-9-7-11-2-1-8-16(10-11)15(20)13-5-3-12(21-13)4-6-14(18)19/h3-6,11,17H,1-2,7-10H2,(H,18,19)/b6-4+. The fraction of sp³-hybridized carbons (Fsp3) is 0.467. The number of aliphatic carboxylic acids is 1. The Morgan fingerprint density at radius 3 is 2.95 bits per heavy atom. The molecule has 0 aliphatic carbocycles. The number of amides is 1. The number of carbonyl (C=O) groups excluding carboxylic acids is 1. The first-order chi connectivity index (χ1) is 10.1. The van der Waals surface area contributed by atoms with Crippen molar-refractivity contribution in [1.82, 2.24) is 4.90 Å². The zero-order chi connectivity index (χ0) is 15.2. The number of hydrogen-bond acceptors (Lipinski definition) is 4. The summed E-state index contributed by atoms with van der Waals surface area (Å²) < 4.78 is 0. The van der Waals surface area contributed by atoms with Crippen LogP contribution < -0.4 is 0 Å². The third kappa shape index (κ3) is 4.41. The van der Waals surface area contributed by atoms with Crippen LogP contribution >= 0.6 is 11.3 Å². The minimum Gasteiger partial charge on any atom is -0.478 e. The van der Waals surface area contributed by atoms with Crippen LogP contribution in [0.5, 0.6) is 0 Å². The van der Waals surface area contributed by atoms with E-state index in [0.717, 1.165) is 36.8 Å². The van der Waals surface area contributed by atoms with Gasteiger partial charge in [0.2, 0.25) is 0 Å². The summed E-state index contributed by atoms with van der Waals surface area (Å²) in [4.78, 5) is 26.1. The molecule has 1 saturated heterocycles. The van der Waals surface area contributed by atoms with Gasteiger partial charge < -0.3 is 15.1 Å². The highest BCUT2D eigenvalue weighted by atomic mass is 32.1. The highest BCUT2D eigenvalue weighted by molar-refractivity contribution is 7.14. The number of likely N-dealkylation sites (tertiary alicyclic amines) is 1. The minimum absolute atomic E-state index is 0.00221. The van der Waals surface area contributed by atoms with E-state index in [1.807, 2.05) is 4.90 Å². The molecule has 1 aromatic rings. The number of carbonyl (C=O) groups is 2. The Labute approximate surface area is 127 Å². The Kier molecular flexibility index (Phi) is 5.52. The van der Waals surface area contributed by atoms with E-state index in [1.165, 1.54) is 17.4 Å². The number of carboxylic acid groups (broad SMARTS) is 1. The van der Waals surface area contributed by atoms with Gasteiger partial charge in [-0.3, -0.25) is 4.79 Å². The van der Waals surface area contributed by atoms with Crippen LogP contribution in [-0.4, -0.2) is 46.7 Å². The number of thiophene rings is 1. The molecule has 1 aliphatic rings. The van der Waals surface area contributed by atoms with Gasteiger partial charge in [-0.15, -0.1) is 11.3 Å². The van der Waals surface area contributed by atoms with Crippen molar-refractivity contribution in [2.75, 3.05) is 19.7 Å². The summed E-state index contributed by atoms with van der Waals surface area (Å²) in [6, 6.07) is 3.50. The summed E-state index contributed by atoms with van der Waals surface area (Å²) >= 11 is 1.30. The second kappa shape index (κ2) is 7.38. The van der Waals surface area contributed by atoms with Crippen LogP contribution in [0, 0.1) is 5.92 Å². The first-order valence-corrected chi connectivity index (χ1v) is 7.83. The summed E-state index contributed by atoms with van der Waals surface area (Å²) in [6.07, 6.45) is 5.32. The van der Waals surface area contributed by atoms with Gasteiger partial charge in [0.15, 0.2) is 0 Å². The van der Waals surface area contributed by atoms with E-state index < -0.39 is 5.97 Å². The van der Waals surface area contributed by atoms with Crippen LogP contribution in [0.4, 0.5) is 0 Å². The maximum atomic E-state index is 12.4. The molecule has 2 N–H and O–H groups in total. The molecule has 2 heterocycles. The summed E-state index contributed by atoms with van der Waals surface area (Å²) in [5.41, 5.74) is 0. The van der Waals surface area contributed by atoms with Crippen molar-refractivity contribution in [1.29, 1.82) is 0 Å². The fourth-order valence-corrected chi connectivity index (χ4v) is 3.41. The first-order valence-electron chi connectivity index (χ1n) is 7.01. The highest BCUT2D eigenvalue weighted by Crippen LogP contribution is 2.24.